The first-order chi connectivity index (χ1) is 8.15. The van der Waals surface area contributed by atoms with E-state index in [9.17, 15) is 8.78 Å². The Morgan fingerprint density at radius 3 is 2.59 bits per heavy atom. The third-order valence-electron chi connectivity index (χ3n) is 2.65. The zero-order valence-electron chi connectivity index (χ0n) is 10.0. The van der Waals surface area contributed by atoms with Gasteiger partial charge in [0.25, 0.3) is 0 Å². The van der Waals surface area contributed by atoms with Gasteiger partial charge in [0, 0.05) is 11.6 Å². The van der Waals surface area contributed by atoms with Gasteiger partial charge in [-0.15, -0.1) is 0 Å². The summed E-state index contributed by atoms with van der Waals surface area (Å²) < 4.78 is 28.9. The van der Waals surface area contributed by atoms with Crippen molar-refractivity contribution in [1.82, 2.24) is 0 Å². The van der Waals surface area contributed by atoms with Gasteiger partial charge in [-0.2, -0.15) is 8.78 Å². The van der Waals surface area contributed by atoms with Crippen LogP contribution in [0, 0.1) is 0 Å². The summed E-state index contributed by atoms with van der Waals surface area (Å²) in [6.45, 7) is -0.696. The van der Waals surface area contributed by atoms with Gasteiger partial charge in [0.15, 0.2) is 0 Å². The van der Waals surface area contributed by atoms with Crippen molar-refractivity contribution in [2.75, 3.05) is 0 Å². The Kier molecular flexibility index (Phi) is 5.91. The predicted molar refractivity (Wildman–Crippen MR) is 64.1 cm³/mol. The number of ether oxygens (including phenoxy) is 1. The Balaban J connectivity index is 2.67. The molecule has 1 unspecified atom stereocenters. The second-order valence-corrected chi connectivity index (χ2v) is 4.02. The summed E-state index contributed by atoms with van der Waals surface area (Å²) in [4.78, 5) is 0. The van der Waals surface area contributed by atoms with Crippen molar-refractivity contribution in [3.8, 4) is 5.75 Å². The highest BCUT2D eigenvalue weighted by Gasteiger charge is 2.14. The first-order valence-corrected chi connectivity index (χ1v) is 5.94. The highest BCUT2D eigenvalue weighted by molar-refractivity contribution is 5.35. The molecule has 0 fully saturated rings. The molecule has 0 saturated heterocycles. The molecule has 0 aliphatic carbocycles. The first kappa shape index (κ1) is 13.9. The summed E-state index contributed by atoms with van der Waals surface area (Å²) in [7, 11) is 0. The fourth-order valence-corrected chi connectivity index (χ4v) is 1.76. The fourth-order valence-electron chi connectivity index (χ4n) is 1.76. The molecule has 0 aliphatic heterocycles. The lowest BCUT2D eigenvalue weighted by atomic mass is 10.0. The van der Waals surface area contributed by atoms with Crippen LogP contribution < -0.4 is 10.5 Å². The molecular weight excluding hydrogens is 224 g/mol. The van der Waals surface area contributed by atoms with Crippen molar-refractivity contribution in [3.63, 3.8) is 0 Å². The minimum Gasteiger partial charge on any atom is -0.434 e. The van der Waals surface area contributed by atoms with Gasteiger partial charge in [-0.1, -0.05) is 44.4 Å². The molecule has 0 heterocycles. The Morgan fingerprint density at radius 2 is 1.94 bits per heavy atom. The summed E-state index contributed by atoms with van der Waals surface area (Å²) >= 11 is 0. The molecule has 96 valence electrons. The normalized spacial score (nSPS) is 12.8. The van der Waals surface area contributed by atoms with Crippen LogP contribution in [0.25, 0.3) is 0 Å². The van der Waals surface area contributed by atoms with Crippen LogP contribution >= 0.6 is 0 Å². The molecule has 17 heavy (non-hydrogen) atoms. The van der Waals surface area contributed by atoms with E-state index in [1.807, 2.05) is 0 Å². The average molecular weight is 243 g/mol. The Hall–Kier alpha value is -1.16. The van der Waals surface area contributed by atoms with E-state index in [4.69, 9.17) is 5.73 Å². The number of nitrogens with two attached hydrogens (primary N) is 1. The molecule has 2 nitrogen and oxygen atoms in total. The fraction of sp³-hybridized carbons (Fsp3) is 0.538. The summed E-state index contributed by atoms with van der Waals surface area (Å²) in [6, 6.07) is 6.49. The molecule has 0 bridgehead atoms. The summed E-state index contributed by atoms with van der Waals surface area (Å²) in [5.41, 5.74) is 6.64. The van der Waals surface area contributed by atoms with Crippen molar-refractivity contribution < 1.29 is 13.5 Å². The van der Waals surface area contributed by atoms with E-state index in [1.54, 1.807) is 18.2 Å². The topological polar surface area (TPSA) is 35.2 Å². The van der Waals surface area contributed by atoms with Crippen LogP contribution in [-0.2, 0) is 0 Å². The third-order valence-corrected chi connectivity index (χ3v) is 2.65. The molecule has 0 aromatic heterocycles. The first-order valence-electron chi connectivity index (χ1n) is 5.94. The van der Waals surface area contributed by atoms with E-state index in [2.05, 4.69) is 11.7 Å². The highest BCUT2D eigenvalue weighted by Crippen LogP contribution is 2.28. The molecular formula is C13H19F2NO. The van der Waals surface area contributed by atoms with Crippen molar-refractivity contribution >= 4 is 0 Å². The van der Waals surface area contributed by atoms with E-state index in [0.717, 1.165) is 25.7 Å². The second-order valence-electron chi connectivity index (χ2n) is 4.02. The maximum atomic E-state index is 12.2. The van der Waals surface area contributed by atoms with Gasteiger partial charge >= 0.3 is 6.61 Å². The van der Waals surface area contributed by atoms with Crippen LogP contribution in [0.2, 0.25) is 0 Å². The smallest absolute Gasteiger partial charge is 0.387 e. The molecule has 0 aliphatic rings. The highest BCUT2D eigenvalue weighted by atomic mass is 19.3. The van der Waals surface area contributed by atoms with Gasteiger partial charge in [-0.25, -0.2) is 0 Å². The number of rotatable bonds is 7. The van der Waals surface area contributed by atoms with Gasteiger partial charge in [-0.3, -0.25) is 0 Å². The Bertz CT molecular complexity index is 331. The van der Waals surface area contributed by atoms with Gasteiger partial charge < -0.3 is 10.5 Å². The monoisotopic (exact) mass is 243 g/mol. The van der Waals surface area contributed by atoms with Crippen molar-refractivity contribution in [1.29, 1.82) is 0 Å². The van der Waals surface area contributed by atoms with Crippen LogP contribution in [0.1, 0.15) is 44.2 Å². The van der Waals surface area contributed by atoms with Gasteiger partial charge in [0.05, 0.1) is 0 Å². The van der Waals surface area contributed by atoms with Crippen molar-refractivity contribution in [2.45, 2.75) is 45.3 Å². The van der Waals surface area contributed by atoms with E-state index in [-0.39, 0.29) is 11.8 Å². The minimum absolute atomic E-state index is 0.187. The lowest BCUT2D eigenvalue weighted by Crippen LogP contribution is -2.13. The number of halogens is 2. The van der Waals surface area contributed by atoms with E-state index in [0.29, 0.717) is 5.56 Å². The molecule has 0 spiro atoms. The molecule has 0 radical (unpaired) electrons. The zero-order chi connectivity index (χ0) is 12.7. The second kappa shape index (κ2) is 7.22. The van der Waals surface area contributed by atoms with E-state index >= 15 is 0 Å². The van der Waals surface area contributed by atoms with Crippen molar-refractivity contribution in [3.05, 3.63) is 29.8 Å². The number of hydrogen-bond acceptors (Lipinski definition) is 2. The maximum Gasteiger partial charge on any atom is 0.387 e. The number of benzene rings is 1. The molecule has 0 saturated carbocycles. The number of hydrogen-bond donors (Lipinski definition) is 1. The Labute approximate surface area is 101 Å². The van der Waals surface area contributed by atoms with Crippen LogP contribution in [0.15, 0.2) is 24.3 Å². The zero-order valence-corrected chi connectivity index (χ0v) is 10.0. The molecule has 1 atom stereocenters. The van der Waals surface area contributed by atoms with Crippen molar-refractivity contribution in [2.24, 2.45) is 5.73 Å². The Morgan fingerprint density at radius 1 is 1.24 bits per heavy atom. The average Bonchev–Trinajstić information content (AvgIpc) is 2.29. The molecule has 1 aromatic rings. The largest absolute Gasteiger partial charge is 0.434 e. The maximum absolute atomic E-state index is 12.2. The van der Waals surface area contributed by atoms with Crippen LogP contribution in [0.5, 0.6) is 5.75 Å². The van der Waals surface area contributed by atoms with Gasteiger partial charge in [0.2, 0.25) is 0 Å². The lowest BCUT2D eigenvalue weighted by Gasteiger charge is -2.16. The number of unbranched alkanes of at least 4 members (excludes halogenated alkanes) is 2. The van der Waals surface area contributed by atoms with Crippen LogP contribution in [0.3, 0.4) is 0 Å². The lowest BCUT2D eigenvalue weighted by molar-refractivity contribution is -0.0506. The van der Waals surface area contributed by atoms with Gasteiger partial charge in [0.1, 0.15) is 5.75 Å². The molecule has 2 N–H and O–H groups in total. The summed E-state index contributed by atoms with van der Waals surface area (Å²) in [5.74, 6) is 0.187. The summed E-state index contributed by atoms with van der Waals surface area (Å²) in [6.07, 6.45) is 4.01. The summed E-state index contributed by atoms with van der Waals surface area (Å²) in [5, 5.41) is 0. The molecule has 4 heteroatoms. The SMILES string of the molecule is CCCCCC(N)c1ccccc1OC(F)F. The molecule has 1 rings (SSSR count). The predicted octanol–water partition coefficient (Wildman–Crippen LogP) is 3.87. The molecule has 0 amide bonds. The van der Waals surface area contributed by atoms with Crippen LogP contribution in [-0.4, -0.2) is 6.61 Å². The number of alkyl halides is 2. The van der Waals surface area contributed by atoms with E-state index < -0.39 is 6.61 Å². The van der Waals surface area contributed by atoms with E-state index in [1.165, 1.54) is 6.07 Å². The standard InChI is InChI=1S/C13H19F2NO/c1-2-3-4-8-11(16)10-7-5-6-9-12(10)17-13(14)15/h5-7,9,11,13H,2-4,8,16H2,1H3. The number of para-hydroxylation sites is 1. The quantitative estimate of drug-likeness (QED) is 0.738. The minimum atomic E-state index is -2.81. The molecule has 1 aromatic carbocycles. The van der Waals surface area contributed by atoms with Gasteiger partial charge in [-0.05, 0) is 12.5 Å². The third kappa shape index (κ3) is 4.69. The van der Waals surface area contributed by atoms with Crippen LogP contribution in [0.4, 0.5) is 8.78 Å².